The first-order chi connectivity index (χ1) is 9.16. The van der Waals surface area contributed by atoms with Gasteiger partial charge in [-0.1, -0.05) is 32.0 Å². The van der Waals surface area contributed by atoms with Gasteiger partial charge >= 0.3 is 0 Å². The Morgan fingerprint density at radius 1 is 1.26 bits per heavy atom. The summed E-state index contributed by atoms with van der Waals surface area (Å²) >= 11 is 0. The van der Waals surface area contributed by atoms with Crippen LogP contribution in [0.15, 0.2) is 30.3 Å². The maximum atomic E-state index is 11.9. The van der Waals surface area contributed by atoms with Gasteiger partial charge in [0.25, 0.3) is 0 Å². The third kappa shape index (κ3) is 3.98. The largest absolute Gasteiger partial charge is 0.493 e. The van der Waals surface area contributed by atoms with Crippen molar-refractivity contribution in [2.24, 2.45) is 11.8 Å². The number of amides is 1. The SMILES string of the molecule is CC(C)C(=O)N1CCC(COc2ccccc2)CC1. The zero-order valence-corrected chi connectivity index (χ0v) is 11.8. The fraction of sp³-hybridized carbons (Fsp3) is 0.562. The molecule has 104 valence electrons. The first-order valence-corrected chi connectivity index (χ1v) is 7.13. The van der Waals surface area contributed by atoms with Crippen LogP contribution in [0.3, 0.4) is 0 Å². The molecule has 0 radical (unpaired) electrons. The van der Waals surface area contributed by atoms with Gasteiger partial charge in [-0.3, -0.25) is 4.79 Å². The molecule has 1 aliphatic rings. The van der Waals surface area contributed by atoms with Gasteiger partial charge in [-0.25, -0.2) is 0 Å². The summed E-state index contributed by atoms with van der Waals surface area (Å²) in [5.74, 6) is 1.89. The van der Waals surface area contributed by atoms with Crippen LogP contribution < -0.4 is 4.74 Å². The molecule has 1 saturated heterocycles. The van der Waals surface area contributed by atoms with Gasteiger partial charge < -0.3 is 9.64 Å². The molecule has 1 amide bonds. The molecule has 0 unspecified atom stereocenters. The highest BCUT2D eigenvalue weighted by molar-refractivity contribution is 5.78. The van der Waals surface area contributed by atoms with Crippen molar-refractivity contribution in [3.05, 3.63) is 30.3 Å². The lowest BCUT2D eigenvalue weighted by molar-refractivity contribution is -0.136. The highest BCUT2D eigenvalue weighted by atomic mass is 16.5. The van der Waals surface area contributed by atoms with E-state index in [2.05, 4.69) is 0 Å². The average Bonchev–Trinajstić information content (AvgIpc) is 2.46. The van der Waals surface area contributed by atoms with Crippen LogP contribution in [0.25, 0.3) is 0 Å². The Kier molecular flexibility index (Phi) is 4.83. The minimum atomic E-state index is 0.108. The number of hydrogen-bond acceptors (Lipinski definition) is 2. The van der Waals surface area contributed by atoms with E-state index < -0.39 is 0 Å². The first-order valence-electron chi connectivity index (χ1n) is 7.13. The lowest BCUT2D eigenvalue weighted by Gasteiger charge is -2.33. The van der Waals surface area contributed by atoms with Crippen molar-refractivity contribution in [3.8, 4) is 5.75 Å². The van der Waals surface area contributed by atoms with Gasteiger partial charge in [-0.05, 0) is 30.9 Å². The lowest BCUT2D eigenvalue weighted by atomic mass is 9.97. The summed E-state index contributed by atoms with van der Waals surface area (Å²) in [5, 5.41) is 0. The third-order valence-electron chi connectivity index (χ3n) is 3.65. The topological polar surface area (TPSA) is 29.5 Å². The molecule has 0 bridgehead atoms. The maximum Gasteiger partial charge on any atom is 0.225 e. The number of carbonyl (C=O) groups is 1. The van der Waals surface area contributed by atoms with Crippen molar-refractivity contribution in [2.75, 3.05) is 19.7 Å². The molecule has 3 nitrogen and oxygen atoms in total. The van der Waals surface area contributed by atoms with E-state index in [0.717, 1.165) is 38.3 Å². The summed E-state index contributed by atoms with van der Waals surface area (Å²) in [6, 6.07) is 9.93. The van der Waals surface area contributed by atoms with Crippen molar-refractivity contribution >= 4 is 5.91 Å². The van der Waals surface area contributed by atoms with Crippen molar-refractivity contribution in [1.82, 2.24) is 4.90 Å². The van der Waals surface area contributed by atoms with Gasteiger partial charge in [0.05, 0.1) is 6.61 Å². The van der Waals surface area contributed by atoms with Crippen LogP contribution in [0.4, 0.5) is 0 Å². The molecule has 1 aromatic carbocycles. The molecule has 2 rings (SSSR count). The molecule has 1 aromatic rings. The monoisotopic (exact) mass is 261 g/mol. The third-order valence-corrected chi connectivity index (χ3v) is 3.65. The van der Waals surface area contributed by atoms with Crippen LogP contribution in [0.5, 0.6) is 5.75 Å². The van der Waals surface area contributed by atoms with E-state index in [4.69, 9.17) is 4.74 Å². The fourth-order valence-corrected chi connectivity index (χ4v) is 2.42. The van der Waals surface area contributed by atoms with E-state index >= 15 is 0 Å². The maximum absolute atomic E-state index is 11.9. The Balaban J connectivity index is 1.73. The van der Waals surface area contributed by atoms with Gasteiger partial charge in [0.1, 0.15) is 5.75 Å². The number of rotatable bonds is 4. The van der Waals surface area contributed by atoms with Crippen LogP contribution in [0, 0.1) is 11.8 Å². The zero-order valence-electron chi connectivity index (χ0n) is 11.8. The molecular weight excluding hydrogens is 238 g/mol. The van der Waals surface area contributed by atoms with Crippen molar-refractivity contribution in [1.29, 1.82) is 0 Å². The molecule has 0 saturated carbocycles. The molecule has 1 aliphatic heterocycles. The van der Waals surface area contributed by atoms with Gasteiger partial charge in [-0.15, -0.1) is 0 Å². The second-order valence-corrected chi connectivity index (χ2v) is 5.55. The molecule has 1 fully saturated rings. The molecule has 0 aromatic heterocycles. The normalized spacial score (nSPS) is 16.7. The minimum absolute atomic E-state index is 0.108. The number of para-hydroxylation sites is 1. The summed E-state index contributed by atoms with van der Waals surface area (Å²) < 4.78 is 5.79. The Labute approximate surface area is 115 Å². The number of nitrogens with zero attached hydrogens (tertiary/aromatic N) is 1. The molecule has 3 heteroatoms. The predicted molar refractivity (Wildman–Crippen MR) is 76.1 cm³/mol. The standard InChI is InChI=1S/C16H23NO2/c1-13(2)16(18)17-10-8-14(9-11-17)12-19-15-6-4-3-5-7-15/h3-7,13-14H,8-12H2,1-2H3. The van der Waals surface area contributed by atoms with Crippen molar-refractivity contribution < 1.29 is 9.53 Å². The number of carbonyl (C=O) groups excluding carboxylic acids is 1. The highest BCUT2D eigenvalue weighted by Crippen LogP contribution is 2.20. The Morgan fingerprint density at radius 2 is 1.89 bits per heavy atom. The summed E-state index contributed by atoms with van der Waals surface area (Å²) in [4.78, 5) is 13.9. The van der Waals surface area contributed by atoms with E-state index in [-0.39, 0.29) is 11.8 Å². The van der Waals surface area contributed by atoms with Gasteiger partial charge in [-0.2, -0.15) is 0 Å². The predicted octanol–water partition coefficient (Wildman–Crippen LogP) is 2.96. The van der Waals surface area contributed by atoms with Crippen LogP contribution in [-0.2, 0) is 4.79 Å². The highest BCUT2D eigenvalue weighted by Gasteiger charge is 2.24. The molecule has 0 spiro atoms. The van der Waals surface area contributed by atoms with Crippen molar-refractivity contribution in [2.45, 2.75) is 26.7 Å². The van der Waals surface area contributed by atoms with Gasteiger partial charge in [0, 0.05) is 19.0 Å². The smallest absolute Gasteiger partial charge is 0.225 e. The van der Waals surface area contributed by atoms with Crippen LogP contribution in [-0.4, -0.2) is 30.5 Å². The molecule has 19 heavy (non-hydrogen) atoms. The molecule has 0 aliphatic carbocycles. The van der Waals surface area contributed by atoms with E-state index in [0.29, 0.717) is 5.92 Å². The Bertz CT molecular complexity index is 394. The quantitative estimate of drug-likeness (QED) is 0.834. The van der Waals surface area contributed by atoms with Crippen molar-refractivity contribution in [3.63, 3.8) is 0 Å². The second kappa shape index (κ2) is 6.60. The van der Waals surface area contributed by atoms with Crippen LogP contribution in [0.2, 0.25) is 0 Å². The summed E-state index contributed by atoms with van der Waals surface area (Å²) in [6.07, 6.45) is 2.09. The summed E-state index contributed by atoms with van der Waals surface area (Å²) in [5.41, 5.74) is 0. The summed E-state index contributed by atoms with van der Waals surface area (Å²) in [6.45, 7) is 6.44. The zero-order chi connectivity index (χ0) is 13.7. The number of benzene rings is 1. The van der Waals surface area contributed by atoms with Crippen LogP contribution in [0.1, 0.15) is 26.7 Å². The molecular formula is C16H23NO2. The Hall–Kier alpha value is -1.51. The fourth-order valence-electron chi connectivity index (χ4n) is 2.42. The number of piperidine rings is 1. The molecule has 0 N–H and O–H groups in total. The lowest BCUT2D eigenvalue weighted by Crippen LogP contribution is -2.41. The number of likely N-dealkylation sites (tertiary alicyclic amines) is 1. The van der Waals surface area contributed by atoms with Gasteiger partial charge in [0.15, 0.2) is 0 Å². The molecule has 1 heterocycles. The van der Waals surface area contributed by atoms with E-state index in [1.807, 2.05) is 49.1 Å². The van der Waals surface area contributed by atoms with E-state index in [1.165, 1.54) is 0 Å². The number of ether oxygens (including phenoxy) is 1. The van der Waals surface area contributed by atoms with Crippen LogP contribution >= 0.6 is 0 Å². The second-order valence-electron chi connectivity index (χ2n) is 5.55. The Morgan fingerprint density at radius 3 is 2.47 bits per heavy atom. The average molecular weight is 261 g/mol. The van der Waals surface area contributed by atoms with E-state index in [1.54, 1.807) is 0 Å². The number of hydrogen-bond donors (Lipinski definition) is 0. The van der Waals surface area contributed by atoms with Gasteiger partial charge in [0.2, 0.25) is 5.91 Å². The van der Waals surface area contributed by atoms with E-state index in [9.17, 15) is 4.79 Å². The first kappa shape index (κ1) is 13.9. The summed E-state index contributed by atoms with van der Waals surface area (Å²) in [7, 11) is 0. The minimum Gasteiger partial charge on any atom is -0.493 e. The molecule has 0 atom stereocenters.